The van der Waals surface area contributed by atoms with Gasteiger partial charge in [0.1, 0.15) is 11.4 Å². The molecule has 3 heterocycles. The summed E-state index contributed by atoms with van der Waals surface area (Å²) in [6.07, 6.45) is 4.09. The van der Waals surface area contributed by atoms with Crippen LogP contribution in [0, 0.1) is 0 Å². The van der Waals surface area contributed by atoms with Crippen molar-refractivity contribution >= 4 is 40.8 Å². The number of hydrogen-bond acceptors (Lipinski definition) is 4. The first-order chi connectivity index (χ1) is 13.6. The van der Waals surface area contributed by atoms with Crippen molar-refractivity contribution in [1.29, 1.82) is 0 Å². The van der Waals surface area contributed by atoms with Crippen LogP contribution in [0.3, 0.4) is 0 Å². The Morgan fingerprint density at radius 2 is 2.04 bits per heavy atom. The minimum Gasteiger partial charge on any atom is -0.477 e. The minimum absolute atomic E-state index is 0.112. The Morgan fingerprint density at radius 3 is 2.86 bits per heavy atom. The van der Waals surface area contributed by atoms with Crippen molar-refractivity contribution in [2.45, 2.75) is 6.10 Å². The van der Waals surface area contributed by atoms with Crippen LogP contribution in [0.2, 0.25) is 5.15 Å². The van der Waals surface area contributed by atoms with Crippen molar-refractivity contribution in [3.8, 4) is 5.75 Å². The molecule has 1 atom stereocenters. The molecule has 0 saturated carbocycles. The third-order valence-electron chi connectivity index (χ3n) is 4.48. The molecule has 0 aliphatic carbocycles. The summed E-state index contributed by atoms with van der Waals surface area (Å²) >= 11 is 6.22. The van der Waals surface area contributed by atoms with Gasteiger partial charge < -0.3 is 15.0 Å². The van der Waals surface area contributed by atoms with E-state index in [9.17, 15) is 9.59 Å². The van der Waals surface area contributed by atoms with Gasteiger partial charge in [0.05, 0.1) is 17.9 Å². The molecule has 0 bridgehead atoms. The number of anilines is 1. The molecule has 28 heavy (non-hydrogen) atoms. The van der Waals surface area contributed by atoms with E-state index < -0.39 is 6.10 Å². The summed E-state index contributed by atoms with van der Waals surface area (Å²) in [5.74, 6) is -0.0929. The fraction of sp³-hybridized carbons (Fsp3) is 0.150. The summed E-state index contributed by atoms with van der Waals surface area (Å²) in [5, 5.41) is 2.86. The Bertz CT molecular complexity index is 1090. The molecule has 1 aliphatic heterocycles. The lowest BCUT2D eigenvalue weighted by Gasteiger charge is -2.33. The zero-order valence-electron chi connectivity index (χ0n) is 15.0. The van der Waals surface area contributed by atoms with Crippen molar-refractivity contribution in [3.05, 3.63) is 65.6 Å². The monoisotopic (exact) mass is 396 g/mol. The van der Waals surface area contributed by atoms with Gasteiger partial charge in [0.15, 0.2) is 11.3 Å². The third kappa shape index (κ3) is 3.20. The van der Waals surface area contributed by atoms with Gasteiger partial charge in [-0.1, -0.05) is 29.8 Å². The molecule has 1 N–H and O–H groups in total. The molecule has 0 fully saturated rings. The van der Waals surface area contributed by atoms with Crippen molar-refractivity contribution < 1.29 is 14.3 Å². The van der Waals surface area contributed by atoms with Gasteiger partial charge in [-0.3, -0.25) is 14.0 Å². The van der Waals surface area contributed by atoms with Crippen LogP contribution in [-0.4, -0.2) is 40.9 Å². The number of imidazole rings is 1. The zero-order chi connectivity index (χ0) is 19.7. The SMILES string of the molecule is CNC(=O)[C@@H]1CN(C(=O)/C=C/c2c(Cl)nc3ccccn23)c2ccccc2O1. The summed E-state index contributed by atoms with van der Waals surface area (Å²) in [6, 6.07) is 12.7. The molecular formula is C20H17ClN4O3. The highest BCUT2D eigenvalue weighted by atomic mass is 35.5. The van der Waals surface area contributed by atoms with E-state index in [0.717, 1.165) is 0 Å². The fourth-order valence-corrected chi connectivity index (χ4v) is 3.36. The second-order valence-electron chi connectivity index (χ2n) is 6.19. The predicted octanol–water partition coefficient (Wildman–Crippen LogP) is 2.54. The van der Waals surface area contributed by atoms with Gasteiger partial charge in [-0.05, 0) is 30.3 Å². The van der Waals surface area contributed by atoms with Crippen LogP contribution in [0.15, 0.2) is 54.7 Å². The molecule has 2 aromatic heterocycles. The molecule has 142 valence electrons. The first-order valence-corrected chi connectivity index (χ1v) is 9.05. The van der Waals surface area contributed by atoms with Crippen LogP contribution in [0.1, 0.15) is 5.69 Å². The van der Waals surface area contributed by atoms with Crippen LogP contribution in [0.25, 0.3) is 11.7 Å². The summed E-state index contributed by atoms with van der Waals surface area (Å²) in [7, 11) is 1.53. The van der Waals surface area contributed by atoms with Gasteiger partial charge in [-0.15, -0.1) is 0 Å². The highest BCUT2D eigenvalue weighted by Crippen LogP contribution is 2.33. The molecule has 0 radical (unpaired) electrons. The maximum atomic E-state index is 12.9. The fourth-order valence-electron chi connectivity index (χ4n) is 3.12. The van der Waals surface area contributed by atoms with E-state index in [-0.39, 0.29) is 18.4 Å². The molecule has 0 unspecified atom stereocenters. The van der Waals surface area contributed by atoms with Gasteiger partial charge in [0.25, 0.3) is 11.8 Å². The highest BCUT2D eigenvalue weighted by molar-refractivity contribution is 6.31. The van der Waals surface area contributed by atoms with E-state index in [1.54, 1.807) is 28.7 Å². The van der Waals surface area contributed by atoms with E-state index in [1.165, 1.54) is 18.0 Å². The number of aromatic nitrogens is 2. The number of benzene rings is 1. The molecule has 7 nitrogen and oxygen atoms in total. The van der Waals surface area contributed by atoms with Crippen molar-refractivity contribution in [2.75, 3.05) is 18.5 Å². The van der Waals surface area contributed by atoms with E-state index in [1.807, 2.05) is 30.5 Å². The lowest BCUT2D eigenvalue weighted by molar-refractivity contribution is -0.127. The van der Waals surface area contributed by atoms with Gasteiger partial charge in [-0.2, -0.15) is 0 Å². The number of carbonyl (C=O) groups excluding carboxylic acids is 2. The average molecular weight is 397 g/mol. The Morgan fingerprint density at radius 1 is 1.25 bits per heavy atom. The van der Waals surface area contributed by atoms with Crippen LogP contribution < -0.4 is 15.0 Å². The Balaban J connectivity index is 1.66. The number of nitrogens with zero attached hydrogens (tertiary/aromatic N) is 3. The summed E-state index contributed by atoms with van der Waals surface area (Å²) in [4.78, 5) is 30.8. The lowest BCUT2D eigenvalue weighted by atomic mass is 10.1. The first kappa shape index (κ1) is 18.1. The van der Waals surface area contributed by atoms with Gasteiger partial charge >= 0.3 is 0 Å². The number of rotatable bonds is 3. The molecule has 4 rings (SSSR count). The normalized spacial score (nSPS) is 16.1. The molecule has 3 aromatic rings. The molecule has 1 aliphatic rings. The van der Waals surface area contributed by atoms with E-state index >= 15 is 0 Å². The maximum absolute atomic E-state index is 12.9. The van der Waals surface area contributed by atoms with Gasteiger partial charge in [0, 0.05) is 19.3 Å². The smallest absolute Gasteiger partial charge is 0.262 e. The molecule has 0 saturated heterocycles. The van der Waals surface area contributed by atoms with Crippen LogP contribution >= 0.6 is 11.6 Å². The number of nitrogens with one attached hydrogen (secondary N) is 1. The number of hydrogen-bond donors (Lipinski definition) is 1. The maximum Gasteiger partial charge on any atom is 0.262 e. The Kier molecular flexibility index (Phi) is 4.75. The average Bonchev–Trinajstić information content (AvgIpc) is 3.05. The number of halogens is 1. The molecule has 2 amide bonds. The standard InChI is InChI=1S/C20H17ClN4O3/c1-22-20(27)16-12-25(13-6-2-3-7-15(13)28-16)18(26)10-9-14-19(21)23-17-8-4-5-11-24(14)17/h2-11,16H,12H2,1H3,(H,22,27)/b10-9+/t16-/m0/s1. The van der Waals surface area contributed by atoms with E-state index in [2.05, 4.69) is 10.3 Å². The van der Waals surface area contributed by atoms with Crippen molar-refractivity contribution in [3.63, 3.8) is 0 Å². The number of carbonyl (C=O) groups is 2. The largest absolute Gasteiger partial charge is 0.477 e. The van der Waals surface area contributed by atoms with Crippen molar-refractivity contribution in [2.24, 2.45) is 0 Å². The number of para-hydroxylation sites is 2. The summed E-state index contributed by atoms with van der Waals surface area (Å²) in [5.41, 5.74) is 1.91. The third-order valence-corrected chi connectivity index (χ3v) is 4.76. The number of ether oxygens (including phenoxy) is 1. The second-order valence-corrected chi connectivity index (χ2v) is 6.55. The minimum atomic E-state index is -0.781. The predicted molar refractivity (Wildman–Crippen MR) is 107 cm³/mol. The Labute approximate surface area is 166 Å². The Hall–Kier alpha value is -3.32. The number of amides is 2. The van der Waals surface area contributed by atoms with Crippen LogP contribution in [0.4, 0.5) is 5.69 Å². The second kappa shape index (κ2) is 7.36. The topological polar surface area (TPSA) is 75.9 Å². The van der Waals surface area contributed by atoms with Gasteiger partial charge in [-0.25, -0.2) is 4.98 Å². The van der Waals surface area contributed by atoms with Crippen LogP contribution in [-0.2, 0) is 9.59 Å². The molecule has 0 spiro atoms. The number of likely N-dealkylation sites (N-methyl/N-ethyl adjacent to an activating group) is 1. The van der Waals surface area contributed by atoms with E-state index in [0.29, 0.717) is 27.9 Å². The van der Waals surface area contributed by atoms with E-state index in [4.69, 9.17) is 16.3 Å². The highest BCUT2D eigenvalue weighted by Gasteiger charge is 2.32. The number of pyridine rings is 1. The van der Waals surface area contributed by atoms with Crippen LogP contribution in [0.5, 0.6) is 5.75 Å². The quantitative estimate of drug-likeness (QED) is 0.690. The molecule has 8 heteroatoms. The van der Waals surface area contributed by atoms with Gasteiger partial charge in [0.2, 0.25) is 0 Å². The molecule has 1 aromatic carbocycles. The summed E-state index contributed by atoms with van der Waals surface area (Å²) in [6.45, 7) is 0.112. The summed E-state index contributed by atoms with van der Waals surface area (Å²) < 4.78 is 7.53. The lowest BCUT2D eigenvalue weighted by Crippen LogP contribution is -2.49. The number of fused-ring (bicyclic) bond motifs is 2. The van der Waals surface area contributed by atoms with Crippen molar-refractivity contribution in [1.82, 2.24) is 14.7 Å². The molecular weight excluding hydrogens is 380 g/mol. The first-order valence-electron chi connectivity index (χ1n) is 8.68. The zero-order valence-corrected chi connectivity index (χ0v) is 15.8.